The molecule has 2 aliphatic heterocycles. The lowest BCUT2D eigenvalue weighted by Gasteiger charge is -2.36. The molecule has 0 spiro atoms. The van der Waals surface area contributed by atoms with E-state index in [0.717, 1.165) is 54.1 Å². The van der Waals surface area contributed by atoms with Crippen molar-refractivity contribution in [2.45, 2.75) is 44.2 Å². The van der Waals surface area contributed by atoms with Crippen LogP contribution in [0.4, 0.5) is 11.4 Å². The van der Waals surface area contributed by atoms with E-state index in [-0.39, 0.29) is 36.3 Å². The number of methoxy groups -OCH3 is 3. The third kappa shape index (κ3) is 6.34. The highest BCUT2D eigenvalue weighted by Gasteiger charge is 2.42. The molecule has 1 saturated carbocycles. The molecule has 0 radical (unpaired) electrons. The summed E-state index contributed by atoms with van der Waals surface area (Å²) in [5.41, 5.74) is 4.93. The Morgan fingerprint density at radius 2 is 1.79 bits per heavy atom. The summed E-state index contributed by atoms with van der Waals surface area (Å²) in [6.07, 6.45) is 5.74. The van der Waals surface area contributed by atoms with Gasteiger partial charge in [-0.25, -0.2) is 0 Å². The molecule has 3 heterocycles. The number of ether oxygens (including phenoxy) is 4. The zero-order valence-corrected chi connectivity index (χ0v) is 27.9. The molecule has 3 aromatic carbocycles. The Morgan fingerprint density at radius 1 is 1.00 bits per heavy atom. The van der Waals surface area contributed by atoms with Gasteiger partial charge in [0.15, 0.2) is 6.61 Å². The van der Waals surface area contributed by atoms with Gasteiger partial charge in [0.1, 0.15) is 17.2 Å². The van der Waals surface area contributed by atoms with Crippen LogP contribution in [0.5, 0.6) is 17.2 Å². The van der Waals surface area contributed by atoms with Crippen LogP contribution in [0.2, 0.25) is 0 Å². The van der Waals surface area contributed by atoms with E-state index in [1.54, 1.807) is 26.2 Å². The summed E-state index contributed by atoms with van der Waals surface area (Å²) in [4.78, 5) is 31.5. The Bertz CT molecular complexity index is 1780. The molecule has 1 saturated heterocycles. The molecule has 4 aromatic rings. The Balaban J connectivity index is 1.21. The van der Waals surface area contributed by atoms with Crippen molar-refractivity contribution in [3.8, 4) is 17.2 Å². The first-order chi connectivity index (χ1) is 23.5. The van der Waals surface area contributed by atoms with Crippen molar-refractivity contribution in [2.75, 3.05) is 64.0 Å². The minimum Gasteiger partial charge on any atom is -0.497 e. The predicted molar refractivity (Wildman–Crippen MR) is 186 cm³/mol. The number of aromatic nitrogens is 1. The lowest BCUT2D eigenvalue weighted by Crippen LogP contribution is -2.47. The zero-order chi connectivity index (χ0) is 33.2. The Kier molecular flexibility index (Phi) is 9.28. The van der Waals surface area contributed by atoms with Gasteiger partial charge in [0.2, 0.25) is 5.91 Å². The molecular weight excluding hydrogens is 608 g/mol. The van der Waals surface area contributed by atoms with Gasteiger partial charge in [-0.05, 0) is 79.8 Å². The number of hydrogen-bond donors (Lipinski definition) is 1. The summed E-state index contributed by atoms with van der Waals surface area (Å²) in [6.45, 7) is 3.20. The van der Waals surface area contributed by atoms with E-state index in [0.29, 0.717) is 44.1 Å². The number of hydrogen-bond acceptors (Lipinski definition) is 7. The molecule has 3 aliphatic rings. The van der Waals surface area contributed by atoms with Crippen LogP contribution < -0.4 is 29.3 Å². The minimum atomic E-state index is -0.248. The van der Waals surface area contributed by atoms with Crippen LogP contribution in [0.15, 0.2) is 66.9 Å². The van der Waals surface area contributed by atoms with E-state index in [2.05, 4.69) is 40.3 Å². The first-order valence-electron chi connectivity index (χ1n) is 16.9. The minimum absolute atomic E-state index is 0.0129. The molecule has 48 heavy (non-hydrogen) atoms. The van der Waals surface area contributed by atoms with E-state index >= 15 is 0 Å². The molecule has 2 amide bonds. The van der Waals surface area contributed by atoms with Crippen LogP contribution >= 0.6 is 0 Å². The van der Waals surface area contributed by atoms with Crippen molar-refractivity contribution in [1.29, 1.82) is 0 Å². The smallest absolute Gasteiger partial charge is 0.265 e. The Hall–Kier alpha value is -4.54. The van der Waals surface area contributed by atoms with Crippen LogP contribution in [-0.2, 0) is 20.9 Å². The monoisotopic (exact) mass is 652 g/mol. The normalized spacial score (nSPS) is 19.1. The third-order valence-corrected chi connectivity index (χ3v) is 9.83. The van der Waals surface area contributed by atoms with Crippen LogP contribution in [0.25, 0.3) is 10.9 Å². The lowest BCUT2D eigenvalue weighted by atomic mass is 9.80. The molecule has 10 nitrogen and oxygen atoms in total. The number of piperidine rings is 1. The predicted octanol–water partition coefficient (Wildman–Crippen LogP) is 5.36. The summed E-state index contributed by atoms with van der Waals surface area (Å²) in [7, 11) is 4.99. The maximum Gasteiger partial charge on any atom is 0.265 e. The first-order valence-corrected chi connectivity index (χ1v) is 16.9. The van der Waals surface area contributed by atoms with E-state index in [1.165, 1.54) is 10.9 Å². The molecule has 2 atom stereocenters. The fourth-order valence-corrected chi connectivity index (χ4v) is 7.33. The maximum atomic E-state index is 14.8. The molecule has 2 fully saturated rings. The van der Waals surface area contributed by atoms with Crippen molar-refractivity contribution in [1.82, 2.24) is 9.88 Å². The molecule has 0 bridgehead atoms. The first kappa shape index (κ1) is 32.0. The fraction of sp³-hybridized carbons (Fsp3) is 0.421. The molecule has 1 N–H and O–H groups in total. The van der Waals surface area contributed by atoms with Crippen molar-refractivity contribution in [3.05, 3.63) is 78.0 Å². The highest BCUT2D eigenvalue weighted by molar-refractivity contribution is 6.01. The van der Waals surface area contributed by atoms with Gasteiger partial charge in [-0.2, -0.15) is 0 Å². The van der Waals surface area contributed by atoms with E-state index < -0.39 is 0 Å². The standard InChI is InChI=1S/C38H44N4O6/c1-45-16-6-15-41-35-19-27(11-12-36(35)48-24-37(41)43)42(26-9-10-26)38(44)32-21-39-14-13-30(32)33-23-40(34-8-5-4-7-31(33)34)22-25-17-28(46-2)20-29(18-25)47-3/h4-5,7-8,11-12,17-20,23,26,30,32,39H,6,9-10,13-16,21-22,24H2,1-3H3/t30-,32-/m0/s1. The molecular formula is C38H44N4O6. The van der Waals surface area contributed by atoms with Crippen LogP contribution in [0.3, 0.4) is 0 Å². The summed E-state index contributed by atoms with van der Waals surface area (Å²) < 4.78 is 24.4. The quantitative estimate of drug-likeness (QED) is 0.206. The maximum absolute atomic E-state index is 14.8. The second-order valence-electron chi connectivity index (χ2n) is 12.9. The summed E-state index contributed by atoms with van der Waals surface area (Å²) in [6, 6.07) is 20.4. The molecule has 10 heteroatoms. The SMILES string of the molecule is COCCCN1C(=O)COc2ccc(N(C(=O)[C@H]3CNCC[C@@H]3c3cn(Cc4cc(OC)cc(OC)c4)c4ccccc34)C3CC3)cc21. The van der Waals surface area contributed by atoms with E-state index in [1.807, 2.05) is 41.3 Å². The van der Waals surface area contributed by atoms with Gasteiger partial charge in [-0.3, -0.25) is 9.59 Å². The van der Waals surface area contributed by atoms with E-state index in [4.69, 9.17) is 18.9 Å². The van der Waals surface area contributed by atoms with Gasteiger partial charge >= 0.3 is 0 Å². The number of nitrogens with one attached hydrogen (secondary N) is 1. The second kappa shape index (κ2) is 13.9. The largest absolute Gasteiger partial charge is 0.497 e. The molecule has 0 unspecified atom stereocenters. The van der Waals surface area contributed by atoms with Crippen molar-refractivity contribution < 1.29 is 28.5 Å². The number of fused-ring (bicyclic) bond motifs is 2. The van der Waals surface area contributed by atoms with Gasteiger partial charge in [0.05, 0.1) is 25.8 Å². The molecule has 1 aliphatic carbocycles. The number of carbonyl (C=O) groups excluding carboxylic acids is 2. The van der Waals surface area contributed by atoms with Crippen LogP contribution in [0, 0.1) is 5.92 Å². The lowest BCUT2D eigenvalue weighted by molar-refractivity contribution is -0.123. The Labute approximate surface area is 281 Å². The number of para-hydroxylation sites is 1. The van der Waals surface area contributed by atoms with Crippen molar-refractivity contribution in [2.24, 2.45) is 5.92 Å². The summed E-state index contributed by atoms with van der Waals surface area (Å²) in [5.74, 6) is 2.00. The van der Waals surface area contributed by atoms with Gasteiger partial charge in [0, 0.05) is 74.2 Å². The fourth-order valence-electron chi connectivity index (χ4n) is 7.33. The highest BCUT2D eigenvalue weighted by Crippen LogP contribution is 2.43. The van der Waals surface area contributed by atoms with E-state index in [9.17, 15) is 9.59 Å². The van der Waals surface area contributed by atoms with Crippen molar-refractivity contribution in [3.63, 3.8) is 0 Å². The third-order valence-electron chi connectivity index (χ3n) is 9.83. The number of rotatable bonds is 12. The number of anilines is 2. The average molecular weight is 653 g/mol. The highest BCUT2D eigenvalue weighted by atomic mass is 16.5. The summed E-state index contributed by atoms with van der Waals surface area (Å²) >= 11 is 0. The number of carbonyl (C=O) groups is 2. The van der Waals surface area contributed by atoms with Crippen LogP contribution in [0.1, 0.15) is 42.7 Å². The van der Waals surface area contributed by atoms with Gasteiger partial charge in [0.25, 0.3) is 5.91 Å². The topological polar surface area (TPSA) is 94.5 Å². The molecule has 252 valence electrons. The van der Waals surface area contributed by atoms with Gasteiger partial charge in [-0.1, -0.05) is 18.2 Å². The zero-order valence-electron chi connectivity index (χ0n) is 27.9. The Morgan fingerprint density at radius 3 is 2.54 bits per heavy atom. The average Bonchev–Trinajstić information content (AvgIpc) is 3.89. The van der Waals surface area contributed by atoms with Gasteiger partial charge in [-0.15, -0.1) is 0 Å². The molecule has 1 aromatic heterocycles. The number of amides is 2. The van der Waals surface area contributed by atoms with Crippen LogP contribution in [-0.4, -0.2) is 76.6 Å². The number of nitrogens with zero attached hydrogens (tertiary/aromatic N) is 3. The van der Waals surface area contributed by atoms with Crippen molar-refractivity contribution >= 4 is 34.1 Å². The van der Waals surface area contributed by atoms with Gasteiger partial charge < -0.3 is 38.6 Å². The molecule has 7 rings (SSSR count). The second-order valence-corrected chi connectivity index (χ2v) is 12.9. The summed E-state index contributed by atoms with van der Waals surface area (Å²) in [5, 5.41) is 4.70. The number of benzene rings is 3.